The lowest BCUT2D eigenvalue weighted by Crippen LogP contribution is -2.28. The molecule has 1 heterocycles. The van der Waals surface area contributed by atoms with Crippen LogP contribution in [0.4, 0.5) is 0 Å². The van der Waals surface area contributed by atoms with Crippen molar-refractivity contribution in [1.29, 1.82) is 0 Å². The van der Waals surface area contributed by atoms with Crippen LogP contribution in [-0.4, -0.2) is 27.8 Å². The van der Waals surface area contributed by atoms with Gasteiger partial charge in [-0.25, -0.2) is 4.98 Å². The van der Waals surface area contributed by atoms with Gasteiger partial charge in [-0.15, -0.1) is 0 Å². The quantitative estimate of drug-likeness (QED) is 0.639. The summed E-state index contributed by atoms with van der Waals surface area (Å²) in [6.07, 6.45) is 0.889. The first kappa shape index (κ1) is 17.8. The van der Waals surface area contributed by atoms with Crippen molar-refractivity contribution in [2.45, 2.75) is 38.4 Å². The average molecular weight is 354 g/mol. The number of hydrogen-bond acceptors (Lipinski definition) is 4. The van der Waals surface area contributed by atoms with E-state index in [1.54, 1.807) is 22.8 Å². The van der Waals surface area contributed by atoms with Gasteiger partial charge in [0, 0.05) is 17.6 Å². The summed E-state index contributed by atoms with van der Waals surface area (Å²) in [6, 6.07) is 5.00. The Bertz CT molecular complexity index is 774. The third-order valence-electron chi connectivity index (χ3n) is 3.25. The minimum atomic E-state index is -0.113. The first-order valence-electron chi connectivity index (χ1n) is 7.55. The molecule has 0 atom stereocenters. The molecule has 5 nitrogen and oxygen atoms in total. The van der Waals surface area contributed by atoms with E-state index < -0.39 is 0 Å². The van der Waals surface area contributed by atoms with Crippen molar-refractivity contribution in [2.24, 2.45) is 0 Å². The maximum atomic E-state index is 12.7. The number of aromatic nitrogens is 2. The lowest BCUT2D eigenvalue weighted by Gasteiger charge is -2.16. The predicted octanol–water partition coefficient (Wildman–Crippen LogP) is 3.25. The summed E-state index contributed by atoms with van der Waals surface area (Å²) < 4.78 is 1.62. The summed E-state index contributed by atoms with van der Waals surface area (Å²) in [5.74, 6) is 0.165. The number of benzene rings is 1. The smallest absolute Gasteiger partial charge is 0.262 e. The summed E-state index contributed by atoms with van der Waals surface area (Å²) in [7, 11) is 0. The molecule has 1 aromatic heterocycles. The normalized spacial score (nSPS) is 11.2. The molecular formula is C16H20ClN3O2S. The molecule has 0 saturated carbocycles. The van der Waals surface area contributed by atoms with E-state index in [1.807, 2.05) is 20.8 Å². The number of carbonyl (C=O) groups is 1. The van der Waals surface area contributed by atoms with Crippen molar-refractivity contribution in [3.63, 3.8) is 0 Å². The molecule has 0 radical (unpaired) electrons. The summed E-state index contributed by atoms with van der Waals surface area (Å²) in [4.78, 5) is 29.0. The van der Waals surface area contributed by atoms with Crippen molar-refractivity contribution < 1.29 is 4.79 Å². The SMILES string of the molecule is CCCNC(=O)CSc1nc2cc(Cl)ccc2c(=O)n1C(C)C. The Balaban J connectivity index is 2.39. The van der Waals surface area contributed by atoms with E-state index in [0.717, 1.165) is 6.42 Å². The van der Waals surface area contributed by atoms with Crippen LogP contribution in [0.3, 0.4) is 0 Å². The lowest BCUT2D eigenvalue weighted by atomic mass is 10.2. The van der Waals surface area contributed by atoms with E-state index in [0.29, 0.717) is 27.6 Å². The number of halogens is 1. The van der Waals surface area contributed by atoms with Gasteiger partial charge in [-0.3, -0.25) is 14.2 Å². The first-order chi connectivity index (χ1) is 10.9. The molecule has 0 aliphatic carbocycles. The number of amides is 1. The number of fused-ring (bicyclic) bond motifs is 1. The standard InChI is InChI=1S/C16H20ClN3O2S/c1-4-7-18-14(21)9-23-16-19-13-8-11(17)5-6-12(13)15(22)20(16)10(2)3/h5-6,8,10H,4,7,9H2,1-3H3,(H,18,21). The molecule has 2 rings (SSSR count). The van der Waals surface area contributed by atoms with E-state index in [1.165, 1.54) is 11.8 Å². The molecule has 1 N–H and O–H groups in total. The monoisotopic (exact) mass is 353 g/mol. The zero-order valence-electron chi connectivity index (χ0n) is 13.4. The molecule has 23 heavy (non-hydrogen) atoms. The first-order valence-corrected chi connectivity index (χ1v) is 8.91. The number of carbonyl (C=O) groups excluding carboxylic acids is 1. The molecule has 7 heteroatoms. The Morgan fingerprint density at radius 2 is 2.17 bits per heavy atom. The van der Waals surface area contributed by atoms with E-state index in [-0.39, 0.29) is 23.3 Å². The number of nitrogens with zero attached hydrogens (tertiary/aromatic N) is 2. The fraction of sp³-hybridized carbons (Fsp3) is 0.438. The van der Waals surface area contributed by atoms with Gasteiger partial charge in [-0.2, -0.15) is 0 Å². The van der Waals surface area contributed by atoms with Gasteiger partial charge in [0.05, 0.1) is 16.7 Å². The Morgan fingerprint density at radius 3 is 2.83 bits per heavy atom. The third kappa shape index (κ3) is 4.26. The fourth-order valence-corrected chi connectivity index (χ4v) is 3.28. The van der Waals surface area contributed by atoms with Crippen molar-refractivity contribution in [3.05, 3.63) is 33.6 Å². The van der Waals surface area contributed by atoms with Crippen LogP contribution >= 0.6 is 23.4 Å². The zero-order chi connectivity index (χ0) is 17.0. The van der Waals surface area contributed by atoms with Crippen LogP contribution in [-0.2, 0) is 4.79 Å². The molecule has 0 aliphatic heterocycles. The Kier molecular flexibility index (Phi) is 6.07. The summed E-state index contributed by atoms with van der Waals surface area (Å²) in [5, 5.41) is 4.41. The Labute approximate surface area is 144 Å². The van der Waals surface area contributed by atoms with Crippen LogP contribution in [0.2, 0.25) is 5.02 Å². The molecule has 0 fully saturated rings. The van der Waals surface area contributed by atoms with E-state index in [2.05, 4.69) is 10.3 Å². The summed E-state index contributed by atoms with van der Waals surface area (Å²) in [5.41, 5.74) is 0.439. The molecule has 0 aliphatic rings. The van der Waals surface area contributed by atoms with Crippen LogP contribution in [0.5, 0.6) is 0 Å². The number of hydrogen-bond donors (Lipinski definition) is 1. The molecule has 0 spiro atoms. The fourth-order valence-electron chi connectivity index (χ4n) is 2.15. The van der Waals surface area contributed by atoms with Crippen LogP contribution in [0.25, 0.3) is 10.9 Å². The zero-order valence-corrected chi connectivity index (χ0v) is 15.0. The minimum absolute atomic E-state index is 0.0451. The topological polar surface area (TPSA) is 64.0 Å². The lowest BCUT2D eigenvalue weighted by molar-refractivity contribution is -0.118. The maximum Gasteiger partial charge on any atom is 0.262 e. The average Bonchev–Trinajstić information content (AvgIpc) is 2.50. The highest BCUT2D eigenvalue weighted by atomic mass is 35.5. The van der Waals surface area contributed by atoms with Gasteiger partial charge in [0.25, 0.3) is 5.56 Å². The maximum absolute atomic E-state index is 12.7. The molecule has 1 amide bonds. The van der Waals surface area contributed by atoms with Crippen molar-refractivity contribution in [2.75, 3.05) is 12.3 Å². The van der Waals surface area contributed by atoms with Crippen molar-refractivity contribution in [3.8, 4) is 0 Å². The van der Waals surface area contributed by atoms with Crippen LogP contribution in [0, 0.1) is 0 Å². The molecule has 0 unspecified atom stereocenters. The van der Waals surface area contributed by atoms with Gasteiger partial charge >= 0.3 is 0 Å². The van der Waals surface area contributed by atoms with Crippen LogP contribution in [0.15, 0.2) is 28.2 Å². The van der Waals surface area contributed by atoms with Gasteiger partial charge in [-0.05, 0) is 38.5 Å². The van der Waals surface area contributed by atoms with Crippen molar-refractivity contribution >= 4 is 40.2 Å². The van der Waals surface area contributed by atoms with Gasteiger partial charge in [-0.1, -0.05) is 30.3 Å². The van der Waals surface area contributed by atoms with Crippen LogP contribution in [0.1, 0.15) is 33.2 Å². The van der Waals surface area contributed by atoms with E-state index in [9.17, 15) is 9.59 Å². The van der Waals surface area contributed by atoms with Gasteiger partial charge in [0.1, 0.15) is 0 Å². The van der Waals surface area contributed by atoms with Gasteiger partial charge < -0.3 is 5.32 Å². The second-order valence-electron chi connectivity index (χ2n) is 5.46. The third-order valence-corrected chi connectivity index (χ3v) is 4.44. The number of nitrogens with one attached hydrogen (secondary N) is 1. The number of thioether (sulfide) groups is 1. The van der Waals surface area contributed by atoms with E-state index in [4.69, 9.17) is 11.6 Å². The second kappa shape index (κ2) is 7.84. The molecule has 0 saturated heterocycles. The van der Waals surface area contributed by atoms with Crippen molar-refractivity contribution in [1.82, 2.24) is 14.9 Å². The van der Waals surface area contributed by atoms with Gasteiger partial charge in [0.2, 0.25) is 5.91 Å². The Hall–Kier alpha value is -1.53. The molecule has 0 bridgehead atoms. The molecule has 1 aromatic carbocycles. The summed E-state index contributed by atoms with van der Waals surface area (Å²) in [6.45, 7) is 6.49. The molecular weight excluding hydrogens is 334 g/mol. The van der Waals surface area contributed by atoms with Gasteiger partial charge in [0.15, 0.2) is 5.16 Å². The minimum Gasteiger partial charge on any atom is -0.355 e. The predicted molar refractivity (Wildman–Crippen MR) is 95.4 cm³/mol. The highest BCUT2D eigenvalue weighted by Crippen LogP contribution is 2.22. The highest BCUT2D eigenvalue weighted by Gasteiger charge is 2.15. The molecule has 2 aromatic rings. The van der Waals surface area contributed by atoms with Crippen LogP contribution < -0.4 is 10.9 Å². The summed E-state index contributed by atoms with van der Waals surface area (Å²) >= 11 is 7.26. The molecule has 124 valence electrons. The van der Waals surface area contributed by atoms with E-state index >= 15 is 0 Å². The highest BCUT2D eigenvalue weighted by molar-refractivity contribution is 7.99. The Morgan fingerprint density at radius 1 is 1.43 bits per heavy atom. The number of rotatable bonds is 6. The largest absolute Gasteiger partial charge is 0.355 e. The second-order valence-corrected chi connectivity index (χ2v) is 6.84.